The van der Waals surface area contributed by atoms with Gasteiger partial charge >= 0.3 is 12.7 Å². The number of alkyl carbamates (subject to hydrolysis) is 1. The Morgan fingerprint density at radius 1 is 1.19 bits per heavy atom. The van der Waals surface area contributed by atoms with Gasteiger partial charge in [-0.3, -0.25) is 0 Å². The first kappa shape index (κ1) is 25.9. The number of hydrogen-bond acceptors (Lipinski definition) is 5. The molecule has 0 spiro atoms. The van der Waals surface area contributed by atoms with Crippen LogP contribution in [0.25, 0.3) is 22.0 Å². The molecule has 7 nitrogen and oxygen atoms in total. The summed E-state index contributed by atoms with van der Waals surface area (Å²) < 4.78 is 44.7. The Morgan fingerprint density at radius 2 is 1.94 bits per heavy atom. The molecular weight excluding hydrogens is 468 g/mol. The maximum atomic E-state index is 13.4. The molecule has 2 aromatic carbocycles. The third-order valence-corrected chi connectivity index (χ3v) is 6.11. The molecule has 2 atom stereocenters. The van der Waals surface area contributed by atoms with Crippen LogP contribution in [0, 0.1) is 0 Å². The molecule has 2 heterocycles. The van der Waals surface area contributed by atoms with Crippen LogP contribution in [0.3, 0.4) is 0 Å². The number of rotatable bonds is 7. The second-order valence-electron chi connectivity index (χ2n) is 10.1. The first-order valence-electron chi connectivity index (χ1n) is 12.3. The zero-order chi connectivity index (χ0) is 25.9. The third-order valence-electron chi connectivity index (χ3n) is 6.11. The molecule has 1 fully saturated rings. The Balaban J connectivity index is 1.56. The lowest BCUT2D eigenvalue weighted by atomic mass is 9.96. The molecule has 1 saturated heterocycles. The largest absolute Gasteiger partial charge is 0.444 e. The summed E-state index contributed by atoms with van der Waals surface area (Å²) in [6.07, 6.45) is 3.75. The molecule has 1 N–H and O–H groups in total. The summed E-state index contributed by atoms with van der Waals surface area (Å²) in [6.45, 7) is 5.52. The molecule has 1 aromatic heterocycles. The van der Waals surface area contributed by atoms with Crippen molar-refractivity contribution < 1.29 is 27.8 Å². The van der Waals surface area contributed by atoms with Crippen LogP contribution in [0.4, 0.5) is 13.6 Å². The van der Waals surface area contributed by atoms with Crippen LogP contribution in [-0.4, -0.2) is 41.2 Å². The molecule has 0 saturated carbocycles. The minimum atomic E-state index is -2.97. The van der Waals surface area contributed by atoms with E-state index in [9.17, 15) is 13.6 Å². The molecule has 1 aliphatic rings. The lowest BCUT2D eigenvalue weighted by Crippen LogP contribution is -2.34. The second kappa shape index (κ2) is 10.8. The van der Waals surface area contributed by atoms with Gasteiger partial charge in [-0.15, -0.1) is 0 Å². The number of nitrogens with zero attached hydrogens (tertiary/aromatic N) is 2. The first-order chi connectivity index (χ1) is 17.1. The lowest BCUT2D eigenvalue weighted by molar-refractivity contribution is -0.0484. The lowest BCUT2D eigenvalue weighted by Gasteiger charge is -2.23. The van der Waals surface area contributed by atoms with Gasteiger partial charge in [0.25, 0.3) is 0 Å². The molecule has 0 bridgehead atoms. The number of ether oxygens (including phenoxy) is 3. The average molecular weight is 502 g/mol. The van der Waals surface area contributed by atoms with E-state index in [2.05, 4.69) is 10.4 Å². The first-order valence-corrected chi connectivity index (χ1v) is 12.3. The zero-order valence-electron chi connectivity index (χ0n) is 21.1. The Morgan fingerprint density at radius 3 is 2.58 bits per heavy atom. The highest BCUT2D eigenvalue weighted by Crippen LogP contribution is 2.39. The fourth-order valence-electron chi connectivity index (χ4n) is 4.34. The smallest absolute Gasteiger partial charge is 0.407 e. The Kier molecular flexibility index (Phi) is 7.78. The number of halogens is 2. The van der Waals surface area contributed by atoms with Crippen LogP contribution in [0.1, 0.15) is 64.7 Å². The van der Waals surface area contributed by atoms with Crippen LogP contribution < -0.4 is 10.1 Å². The molecular formula is C27H33F2N3O4. The van der Waals surface area contributed by atoms with Gasteiger partial charge in [0, 0.05) is 18.7 Å². The number of benzene rings is 2. The summed E-state index contributed by atoms with van der Waals surface area (Å²) in [6, 6.07) is 11.2. The van der Waals surface area contributed by atoms with Crippen molar-refractivity contribution in [2.24, 2.45) is 0 Å². The second-order valence-corrected chi connectivity index (χ2v) is 10.1. The molecule has 0 radical (unpaired) electrons. The van der Waals surface area contributed by atoms with Crippen molar-refractivity contribution >= 4 is 17.0 Å². The van der Waals surface area contributed by atoms with E-state index in [1.165, 1.54) is 0 Å². The van der Waals surface area contributed by atoms with Gasteiger partial charge < -0.3 is 19.5 Å². The fraction of sp³-hybridized carbons (Fsp3) is 0.481. The fourth-order valence-corrected chi connectivity index (χ4v) is 4.34. The van der Waals surface area contributed by atoms with E-state index in [1.807, 2.05) is 58.0 Å². The minimum Gasteiger partial charge on any atom is -0.444 e. The summed E-state index contributed by atoms with van der Waals surface area (Å²) in [5.74, 6) is 0.122. The summed E-state index contributed by atoms with van der Waals surface area (Å²) in [5, 5.41) is 7.73. The van der Waals surface area contributed by atoms with Gasteiger partial charge in [0.15, 0.2) is 6.23 Å². The van der Waals surface area contributed by atoms with Crippen LogP contribution >= 0.6 is 0 Å². The van der Waals surface area contributed by atoms with Crippen molar-refractivity contribution in [3.05, 3.63) is 48.2 Å². The molecule has 1 aliphatic heterocycles. The monoisotopic (exact) mass is 501 g/mol. The normalized spacial score (nSPS) is 17.2. The van der Waals surface area contributed by atoms with E-state index in [0.717, 1.165) is 30.4 Å². The van der Waals surface area contributed by atoms with Gasteiger partial charge in [0.2, 0.25) is 0 Å². The van der Waals surface area contributed by atoms with E-state index >= 15 is 0 Å². The van der Waals surface area contributed by atoms with E-state index in [4.69, 9.17) is 14.2 Å². The number of carbonyl (C=O) groups is 1. The summed E-state index contributed by atoms with van der Waals surface area (Å²) in [7, 11) is 0. The van der Waals surface area contributed by atoms with E-state index in [0.29, 0.717) is 29.6 Å². The maximum absolute atomic E-state index is 13.4. The van der Waals surface area contributed by atoms with Gasteiger partial charge in [-0.2, -0.15) is 13.9 Å². The van der Waals surface area contributed by atoms with Crippen molar-refractivity contribution in [2.75, 3.05) is 13.2 Å². The highest BCUT2D eigenvalue weighted by molar-refractivity contribution is 5.93. The van der Waals surface area contributed by atoms with Crippen molar-refractivity contribution in [2.45, 2.75) is 71.3 Å². The van der Waals surface area contributed by atoms with E-state index in [1.54, 1.807) is 16.9 Å². The maximum Gasteiger partial charge on any atom is 0.407 e. The van der Waals surface area contributed by atoms with Crippen LogP contribution in [0.15, 0.2) is 42.6 Å². The Labute approximate surface area is 209 Å². The Hall–Kier alpha value is -3.20. The SMILES string of the molecule is CC(CNC(=O)OC(C)(C)C)c1ccc(-c2ccc3c(cnn3C3CCCCO3)c2OC(F)F)cc1. The number of alkyl halides is 2. The van der Waals surface area contributed by atoms with Crippen LogP contribution in [0.5, 0.6) is 5.75 Å². The van der Waals surface area contributed by atoms with E-state index < -0.39 is 18.3 Å². The average Bonchev–Trinajstić information content (AvgIpc) is 3.27. The molecule has 0 aliphatic carbocycles. The number of fused-ring (bicyclic) bond motifs is 1. The molecule has 1 amide bonds. The molecule has 4 rings (SSSR count). The molecule has 2 unspecified atom stereocenters. The topological polar surface area (TPSA) is 74.6 Å². The highest BCUT2D eigenvalue weighted by Gasteiger charge is 2.23. The van der Waals surface area contributed by atoms with Gasteiger partial charge in [0.05, 0.1) is 17.1 Å². The van der Waals surface area contributed by atoms with Crippen molar-refractivity contribution in [1.82, 2.24) is 15.1 Å². The van der Waals surface area contributed by atoms with Gasteiger partial charge in [-0.25, -0.2) is 9.48 Å². The zero-order valence-corrected chi connectivity index (χ0v) is 21.1. The van der Waals surface area contributed by atoms with Crippen molar-refractivity contribution in [3.8, 4) is 16.9 Å². The van der Waals surface area contributed by atoms with Crippen LogP contribution in [-0.2, 0) is 9.47 Å². The summed E-state index contributed by atoms with van der Waals surface area (Å²) in [5.41, 5.74) is 2.42. The predicted octanol–water partition coefficient (Wildman–Crippen LogP) is 6.63. The van der Waals surface area contributed by atoms with Gasteiger partial charge in [-0.1, -0.05) is 31.2 Å². The number of aromatic nitrogens is 2. The number of nitrogens with one attached hydrogen (secondary N) is 1. The van der Waals surface area contributed by atoms with Gasteiger partial charge in [0.1, 0.15) is 11.4 Å². The standard InChI is InChI=1S/C27H33F2N3O4/c1-17(15-30-26(33)36-27(2,3)4)18-8-10-19(11-9-18)20-12-13-22-21(24(20)35-25(28)29)16-31-32(22)23-7-5-6-14-34-23/h8-13,16-17,23,25H,5-7,14-15H2,1-4H3,(H,30,33). The Bertz CT molecular complexity index is 1180. The third kappa shape index (κ3) is 6.13. The minimum absolute atomic E-state index is 0.0274. The molecule has 3 aromatic rings. The van der Waals surface area contributed by atoms with Crippen LogP contribution in [0.2, 0.25) is 0 Å². The summed E-state index contributed by atoms with van der Waals surface area (Å²) >= 11 is 0. The number of hydrogen-bond donors (Lipinski definition) is 1. The quantitative estimate of drug-likeness (QED) is 0.393. The predicted molar refractivity (Wildman–Crippen MR) is 133 cm³/mol. The molecule has 9 heteroatoms. The molecule has 194 valence electrons. The molecule has 36 heavy (non-hydrogen) atoms. The van der Waals surface area contributed by atoms with E-state index in [-0.39, 0.29) is 17.9 Å². The number of amides is 1. The van der Waals surface area contributed by atoms with Crippen molar-refractivity contribution in [1.29, 1.82) is 0 Å². The van der Waals surface area contributed by atoms with Crippen molar-refractivity contribution in [3.63, 3.8) is 0 Å². The summed E-state index contributed by atoms with van der Waals surface area (Å²) in [4.78, 5) is 11.9. The number of carbonyl (C=O) groups excluding carboxylic acids is 1. The highest BCUT2D eigenvalue weighted by atomic mass is 19.3. The van der Waals surface area contributed by atoms with Gasteiger partial charge in [-0.05, 0) is 69.2 Å².